The van der Waals surface area contributed by atoms with E-state index in [1.807, 2.05) is 23.1 Å². The zero-order chi connectivity index (χ0) is 17.2. The number of thiazole rings is 1. The third-order valence-electron chi connectivity index (χ3n) is 4.12. The quantitative estimate of drug-likeness (QED) is 0.696. The molecule has 0 N–H and O–H groups in total. The van der Waals surface area contributed by atoms with Crippen molar-refractivity contribution in [1.82, 2.24) is 19.1 Å². The summed E-state index contributed by atoms with van der Waals surface area (Å²) in [6, 6.07) is 1.88. The molecule has 7 nitrogen and oxygen atoms in total. The van der Waals surface area contributed by atoms with Gasteiger partial charge in [0, 0.05) is 24.7 Å². The van der Waals surface area contributed by atoms with Gasteiger partial charge in [0.1, 0.15) is 0 Å². The van der Waals surface area contributed by atoms with E-state index in [1.54, 1.807) is 28.8 Å². The second kappa shape index (κ2) is 7.30. The van der Waals surface area contributed by atoms with Gasteiger partial charge in [-0.15, -0.1) is 11.3 Å². The summed E-state index contributed by atoms with van der Waals surface area (Å²) in [4.78, 5) is 4.37. The average molecular weight is 371 g/mol. The van der Waals surface area contributed by atoms with Crippen LogP contribution in [-0.2, 0) is 27.9 Å². The number of hydrogen-bond acceptors (Lipinski definition) is 6. The predicted molar refractivity (Wildman–Crippen MR) is 92.3 cm³/mol. The molecule has 0 bridgehead atoms. The molecule has 9 heteroatoms. The van der Waals surface area contributed by atoms with E-state index in [0.29, 0.717) is 32.7 Å². The minimum Gasteiger partial charge on any atom is -0.375 e. The molecule has 2 aromatic rings. The lowest BCUT2D eigenvalue weighted by Gasteiger charge is -2.33. The normalized spacial score (nSPS) is 18.7. The van der Waals surface area contributed by atoms with Crippen molar-refractivity contribution in [1.29, 1.82) is 0 Å². The summed E-state index contributed by atoms with van der Waals surface area (Å²) in [6.45, 7) is 5.52. The van der Waals surface area contributed by atoms with Crippen molar-refractivity contribution in [3.63, 3.8) is 0 Å². The van der Waals surface area contributed by atoms with Gasteiger partial charge in [-0.05, 0) is 26.3 Å². The molecule has 2 aromatic heterocycles. The lowest BCUT2D eigenvalue weighted by molar-refractivity contribution is 0.0973. The van der Waals surface area contributed by atoms with Gasteiger partial charge in [0.2, 0.25) is 10.0 Å². The van der Waals surface area contributed by atoms with E-state index >= 15 is 0 Å². The Balaban J connectivity index is 1.60. The van der Waals surface area contributed by atoms with E-state index in [-0.39, 0.29) is 11.8 Å². The van der Waals surface area contributed by atoms with Crippen molar-refractivity contribution in [2.45, 2.75) is 39.5 Å². The Kier molecular flexibility index (Phi) is 5.33. The monoisotopic (exact) mass is 370 g/mol. The Hall–Kier alpha value is -1.29. The second-order valence-corrected chi connectivity index (χ2v) is 9.13. The molecule has 1 aliphatic rings. The topological polar surface area (TPSA) is 77.3 Å². The van der Waals surface area contributed by atoms with Crippen LogP contribution in [0.1, 0.15) is 35.8 Å². The molecule has 0 aliphatic carbocycles. The third kappa shape index (κ3) is 3.85. The molecule has 24 heavy (non-hydrogen) atoms. The molecular weight excluding hydrogens is 348 g/mol. The van der Waals surface area contributed by atoms with Gasteiger partial charge < -0.3 is 4.74 Å². The number of nitrogens with zero attached hydrogens (tertiary/aromatic N) is 4. The number of aromatic nitrogens is 3. The number of sulfonamides is 1. The molecule has 0 spiro atoms. The molecule has 1 aliphatic heterocycles. The van der Waals surface area contributed by atoms with Crippen LogP contribution in [0.2, 0.25) is 0 Å². The predicted octanol–water partition coefficient (Wildman–Crippen LogP) is 1.96. The lowest BCUT2D eigenvalue weighted by atomic mass is 10.1. The molecule has 0 radical (unpaired) electrons. The van der Waals surface area contributed by atoms with Gasteiger partial charge >= 0.3 is 0 Å². The standard InChI is InChI=1S/C15H22N4O3S2/c1-3-24(20,21)18-8-14-4-6-16-19(14)15(9-18)5-7-22-10-13-11-23-12(2)17-13/h4,6,11,15H,3,5,7-10H2,1-2H3/t15-/m0/s1. The molecule has 0 saturated carbocycles. The van der Waals surface area contributed by atoms with Crippen LogP contribution in [0.3, 0.4) is 0 Å². The summed E-state index contributed by atoms with van der Waals surface area (Å²) >= 11 is 1.61. The molecule has 0 unspecified atom stereocenters. The highest BCUT2D eigenvalue weighted by atomic mass is 32.2. The number of aryl methyl sites for hydroxylation is 1. The first-order valence-electron chi connectivity index (χ1n) is 7.98. The first-order valence-corrected chi connectivity index (χ1v) is 10.5. The summed E-state index contributed by atoms with van der Waals surface area (Å²) in [5.74, 6) is 0.119. The fourth-order valence-corrected chi connectivity index (χ4v) is 4.52. The van der Waals surface area contributed by atoms with Gasteiger partial charge in [0.15, 0.2) is 0 Å². The highest BCUT2D eigenvalue weighted by molar-refractivity contribution is 7.89. The SMILES string of the molecule is CCS(=O)(=O)N1Cc2ccnn2[C@@H](CCOCc2csc(C)n2)C1. The Bertz CT molecular complexity index is 784. The first kappa shape index (κ1) is 17.5. The van der Waals surface area contributed by atoms with E-state index in [9.17, 15) is 8.42 Å². The third-order valence-corrected chi connectivity index (χ3v) is 6.74. The molecule has 3 heterocycles. The number of fused-ring (bicyclic) bond motifs is 1. The molecule has 0 saturated heterocycles. The maximum Gasteiger partial charge on any atom is 0.214 e. The molecule has 3 rings (SSSR count). The average Bonchev–Trinajstić information content (AvgIpc) is 3.19. The number of ether oxygens (including phenoxy) is 1. The van der Waals surface area contributed by atoms with Crippen molar-refractivity contribution in [2.75, 3.05) is 18.9 Å². The van der Waals surface area contributed by atoms with Crippen molar-refractivity contribution < 1.29 is 13.2 Å². The van der Waals surface area contributed by atoms with E-state index in [1.165, 1.54) is 0 Å². The van der Waals surface area contributed by atoms with Gasteiger partial charge in [0.05, 0.1) is 41.3 Å². The van der Waals surface area contributed by atoms with Crippen molar-refractivity contribution in [3.8, 4) is 0 Å². The molecule has 0 amide bonds. The summed E-state index contributed by atoms with van der Waals surface area (Å²) in [6.07, 6.45) is 2.44. The summed E-state index contributed by atoms with van der Waals surface area (Å²) in [7, 11) is -3.20. The highest BCUT2D eigenvalue weighted by Gasteiger charge is 2.31. The van der Waals surface area contributed by atoms with Gasteiger partial charge in [-0.3, -0.25) is 4.68 Å². The fourth-order valence-electron chi connectivity index (χ4n) is 2.83. The maximum atomic E-state index is 12.2. The van der Waals surface area contributed by atoms with Crippen LogP contribution in [0.4, 0.5) is 0 Å². The zero-order valence-corrected chi connectivity index (χ0v) is 15.5. The summed E-state index contributed by atoms with van der Waals surface area (Å²) in [5, 5.41) is 7.38. The number of hydrogen-bond donors (Lipinski definition) is 0. The van der Waals surface area contributed by atoms with Crippen LogP contribution < -0.4 is 0 Å². The van der Waals surface area contributed by atoms with Crippen molar-refractivity contribution >= 4 is 21.4 Å². The summed E-state index contributed by atoms with van der Waals surface area (Å²) in [5.41, 5.74) is 1.87. The Morgan fingerprint density at radius 1 is 1.46 bits per heavy atom. The molecule has 1 atom stereocenters. The molecule has 0 fully saturated rings. The Morgan fingerprint density at radius 2 is 2.29 bits per heavy atom. The maximum absolute atomic E-state index is 12.2. The smallest absolute Gasteiger partial charge is 0.214 e. The van der Waals surface area contributed by atoms with E-state index in [2.05, 4.69) is 10.1 Å². The van der Waals surface area contributed by atoms with Gasteiger partial charge in [-0.25, -0.2) is 13.4 Å². The Morgan fingerprint density at radius 3 is 3.00 bits per heavy atom. The van der Waals surface area contributed by atoms with Crippen LogP contribution in [-0.4, -0.2) is 46.4 Å². The zero-order valence-electron chi connectivity index (χ0n) is 13.9. The molecular formula is C15H22N4O3S2. The highest BCUT2D eigenvalue weighted by Crippen LogP contribution is 2.25. The fraction of sp³-hybridized carbons (Fsp3) is 0.600. The summed E-state index contributed by atoms with van der Waals surface area (Å²) < 4.78 is 33.6. The van der Waals surface area contributed by atoms with Crippen molar-refractivity contribution in [2.24, 2.45) is 0 Å². The van der Waals surface area contributed by atoms with Crippen LogP contribution in [0.5, 0.6) is 0 Å². The second-order valence-electron chi connectivity index (χ2n) is 5.81. The van der Waals surface area contributed by atoms with Gasteiger partial charge in [-0.2, -0.15) is 9.40 Å². The van der Waals surface area contributed by atoms with Gasteiger partial charge in [-0.1, -0.05) is 0 Å². The van der Waals surface area contributed by atoms with Crippen LogP contribution >= 0.6 is 11.3 Å². The van der Waals surface area contributed by atoms with Crippen LogP contribution in [0.15, 0.2) is 17.6 Å². The van der Waals surface area contributed by atoms with E-state index in [0.717, 1.165) is 16.4 Å². The van der Waals surface area contributed by atoms with Crippen LogP contribution in [0, 0.1) is 6.92 Å². The van der Waals surface area contributed by atoms with Crippen molar-refractivity contribution in [3.05, 3.63) is 34.0 Å². The van der Waals surface area contributed by atoms with Gasteiger partial charge in [0.25, 0.3) is 0 Å². The number of rotatable bonds is 7. The first-order chi connectivity index (χ1) is 11.5. The van der Waals surface area contributed by atoms with E-state index in [4.69, 9.17) is 4.74 Å². The Labute approximate surface area is 146 Å². The minimum absolute atomic E-state index is 0.00208. The van der Waals surface area contributed by atoms with Crippen LogP contribution in [0.25, 0.3) is 0 Å². The molecule has 0 aromatic carbocycles. The minimum atomic E-state index is -3.20. The molecule has 132 valence electrons. The lowest BCUT2D eigenvalue weighted by Crippen LogP contribution is -2.42. The largest absolute Gasteiger partial charge is 0.375 e. The van der Waals surface area contributed by atoms with E-state index < -0.39 is 10.0 Å².